The van der Waals surface area contributed by atoms with Gasteiger partial charge in [0.1, 0.15) is 0 Å². The van der Waals surface area contributed by atoms with Crippen molar-refractivity contribution >= 4 is 19.3 Å². The van der Waals surface area contributed by atoms with Gasteiger partial charge in [-0.05, 0) is 20.8 Å². The van der Waals surface area contributed by atoms with E-state index in [4.69, 9.17) is 27.0 Å². The molecule has 0 aliphatic heterocycles. The Labute approximate surface area is 135 Å². The molecule has 0 saturated heterocycles. The van der Waals surface area contributed by atoms with E-state index in [0.29, 0.717) is 0 Å². The molecule has 0 aliphatic rings. The van der Waals surface area contributed by atoms with Gasteiger partial charge in [0.25, 0.3) is 0 Å². The zero-order chi connectivity index (χ0) is 11.3. The summed E-state index contributed by atoms with van der Waals surface area (Å²) in [5.41, 5.74) is -0.403. The minimum atomic E-state index is -5.07. The Balaban J connectivity index is -0.0000000718. The van der Waals surface area contributed by atoms with Crippen molar-refractivity contribution in [3.8, 4) is 0 Å². The second-order valence-corrected chi connectivity index (χ2v) is 6.08. The normalized spacial score (nSPS) is 12.4. The van der Waals surface area contributed by atoms with Gasteiger partial charge < -0.3 is 9.11 Å². The van der Waals surface area contributed by atoms with Crippen molar-refractivity contribution in [3.05, 3.63) is 0 Å². The van der Waals surface area contributed by atoms with Crippen LogP contribution in [0.15, 0.2) is 0 Å². The molecule has 0 amide bonds. The predicted octanol–water partition coefficient (Wildman–Crippen LogP) is -6.39. The van der Waals surface area contributed by atoms with Crippen LogP contribution in [-0.4, -0.2) is 32.6 Å². The predicted molar refractivity (Wildman–Crippen MR) is 42.1 cm³/mol. The van der Waals surface area contributed by atoms with Crippen molar-refractivity contribution in [1.29, 1.82) is 0 Å². The van der Waals surface area contributed by atoms with E-state index in [1.165, 1.54) is 0 Å². The Morgan fingerprint density at radius 1 is 1.27 bits per heavy atom. The van der Waals surface area contributed by atoms with E-state index in [2.05, 4.69) is 4.89 Å². The van der Waals surface area contributed by atoms with Gasteiger partial charge in [-0.15, -0.1) is 0 Å². The van der Waals surface area contributed by atoms with Gasteiger partial charge in [0, 0.05) is 0 Å². The third-order valence-corrected chi connectivity index (χ3v) is 1.77. The van der Waals surface area contributed by atoms with Gasteiger partial charge >= 0.3 is 59.1 Å². The molecule has 7 nitrogen and oxygen atoms in total. The summed E-state index contributed by atoms with van der Waals surface area (Å²) in [5.74, 6) is 0. The molecule has 1 atom stereocenters. The largest absolute Gasteiger partial charge is 1.00 e. The maximum Gasteiger partial charge on any atom is 1.00 e. The zero-order valence-corrected chi connectivity index (χ0v) is 14.8. The number of rotatable bonds is 1. The first kappa shape index (κ1) is 25.7. The van der Waals surface area contributed by atoms with Crippen molar-refractivity contribution in [1.82, 2.24) is 0 Å². The second kappa shape index (κ2) is 11.1. The van der Waals surface area contributed by atoms with Gasteiger partial charge in [0.05, 0.1) is 15.7 Å². The van der Waals surface area contributed by atoms with Crippen LogP contribution in [0.5, 0.6) is 0 Å². The molecule has 0 radical (unpaired) electrons. The fourth-order valence-corrected chi connectivity index (χ4v) is 0. The topological polar surface area (TPSA) is 127 Å². The summed E-state index contributed by atoms with van der Waals surface area (Å²) in [6.45, 7) is 5.31. The van der Waals surface area contributed by atoms with Gasteiger partial charge in [-0.3, -0.25) is 9.47 Å². The van der Waals surface area contributed by atoms with Crippen molar-refractivity contribution in [2.75, 3.05) is 0 Å². The van der Waals surface area contributed by atoms with Crippen LogP contribution < -0.4 is 59.1 Å². The number of hydrogen-bond acceptors (Lipinski definition) is 7. The van der Waals surface area contributed by atoms with Crippen molar-refractivity contribution < 1.29 is 91.0 Å². The molecule has 0 spiro atoms. The minimum absolute atomic E-state index is 0. The summed E-state index contributed by atoms with van der Waals surface area (Å²) >= 11 is 0. The monoisotopic (exact) mass is 280 g/mol. The molecule has 1 unspecified atom stereocenters. The van der Waals surface area contributed by atoms with Crippen LogP contribution in [0, 0.1) is 0 Å². The molecule has 0 heterocycles. The number of hydrogen-bond donors (Lipinski definition) is 1. The van der Waals surface area contributed by atoms with E-state index >= 15 is 0 Å². The van der Waals surface area contributed by atoms with Crippen LogP contribution in [-0.2, 0) is 24.2 Å². The first-order chi connectivity index (χ1) is 5.50. The van der Waals surface area contributed by atoms with Crippen LogP contribution in [0.4, 0.5) is 0 Å². The standard InChI is InChI=1S/C4H10O2.2Na.H2O5S2/c1-4(2,3)6-5;;;1-6(2)7(3,4)5/h5H,1-3H3;;;(H,1,2)(H,3,4,5)/q;2*+1;/p-2. The Hall–Kier alpha value is 1.94. The second-order valence-electron chi connectivity index (χ2n) is 2.82. The fraction of sp³-hybridized carbons (Fsp3) is 1.00. The SMILES string of the molecule is CC(C)(C)OO.O=S([O-])S(=O)(=O)[O-].[Na+].[Na+]. The van der Waals surface area contributed by atoms with Crippen LogP contribution in [0.25, 0.3) is 0 Å². The van der Waals surface area contributed by atoms with E-state index in [0.717, 1.165) is 0 Å². The third kappa shape index (κ3) is 25.9. The molecule has 0 saturated carbocycles. The van der Waals surface area contributed by atoms with Crippen molar-refractivity contribution in [2.45, 2.75) is 26.4 Å². The quantitative estimate of drug-likeness (QED) is 0.126. The smallest absolute Gasteiger partial charge is 0.761 e. The van der Waals surface area contributed by atoms with Gasteiger partial charge in [-0.2, -0.15) is 0 Å². The molecule has 0 fully saturated rings. The molecular formula is C4H10Na2O7S2. The van der Waals surface area contributed by atoms with E-state index in [1.807, 2.05) is 0 Å². The molecule has 11 heteroatoms. The van der Waals surface area contributed by atoms with Gasteiger partial charge in [0.2, 0.25) is 0 Å². The van der Waals surface area contributed by atoms with Crippen LogP contribution >= 0.6 is 0 Å². The fourth-order valence-electron chi connectivity index (χ4n) is 0. The summed E-state index contributed by atoms with van der Waals surface area (Å²) in [4.78, 5) is 3.94. The van der Waals surface area contributed by atoms with Crippen molar-refractivity contribution in [2.24, 2.45) is 0 Å². The Bertz CT molecular complexity index is 257. The van der Waals surface area contributed by atoms with E-state index < -0.39 is 24.9 Å². The summed E-state index contributed by atoms with van der Waals surface area (Å²) in [6, 6.07) is 0. The Morgan fingerprint density at radius 3 is 1.40 bits per heavy atom. The van der Waals surface area contributed by atoms with E-state index in [9.17, 15) is 0 Å². The first-order valence-corrected chi connectivity index (χ1v) is 5.89. The molecule has 15 heavy (non-hydrogen) atoms. The average molecular weight is 280 g/mol. The van der Waals surface area contributed by atoms with E-state index in [-0.39, 0.29) is 59.1 Å². The maximum atomic E-state index is 9.16. The molecule has 0 aromatic carbocycles. The minimum Gasteiger partial charge on any atom is -0.761 e. The van der Waals surface area contributed by atoms with Gasteiger partial charge in [-0.25, -0.2) is 13.3 Å². The zero-order valence-electron chi connectivity index (χ0n) is 9.21. The third-order valence-electron chi connectivity index (χ3n) is 0.441. The van der Waals surface area contributed by atoms with Gasteiger partial charge in [0.15, 0.2) is 9.15 Å². The molecule has 0 aromatic rings. The summed E-state index contributed by atoms with van der Waals surface area (Å²) in [6.07, 6.45) is 0. The summed E-state index contributed by atoms with van der Waals surface area (Å²) in [7, 11) is -8.59. The molecule has 0 rings (SSSR count). The van der Waals surface area contributed by atoms with Gasteiger partial charge in [-0.1, -0.05) is 0 Å². The molecular weight excluding hydrogens is 270 g/mol. The summed E-state index contributed by atoms with van der Waals surface area (Å²) < 4.78 is 45.7. The molecule has 0 bridgehead atoms. The molecule has 82 valence electrons. The van der Waals surface area contributed by atoms with Crippen LogP contribution in [0.3, 0.4) is 0 Å². The molecule has 0 aliphatic carbocycles. The Kier molecular flexibility index (Phi) is 18.9. The van der Waals surface area contributed by atoms with Crippen LogP contribution in [0.1, 0.15) is 20.8 Å². The molecule has 0 aromatic heterocycles. The Morgan fingerprint density at radius 2 is 1.40 bits per heavy atom. The average Bonchev–Trinajstić information content (AvgIpc) is 1.85. The first-order valence-electron chi connectivity index (χ1n) is 2.89. The molecule has 1 N–H and O–H groups in total. The van der Waals surface area contributed by atoms with E-state index in [1.54, 1.807) is 20.8 Å². The summed E-state index contributed by atoms with van der Waals surface area (Å²) in [5, 5.41) is 7.90. The van der Waals surface area contributed by atoms with Crippen LogP contribution in [0.2, 0.25) is 0 Å². The maximum absolute atomic E-state index is 9.16. The van der Waals surface area contributed by atoms with Crippen molar-refractivity contribution in [3.63, 3.8) is 0 Å².